The summed E-state index contributed by atoms with van der Waals surface area (Å²) in [6.07, 6.45) is 3.74. The van der Waals surface area contributed by atoms with Crippen LogP contribution in [0.3, 0.4) is 0 Å². The zero-order chi connectivity index (χ0) is 27.1. The molecule has 1 atom stereocenters. The molecular formula is C29H32N2O6S. The Morgan fingerprint density at radius 1 is 0.921 bits per heavy atom. The predicted molar refractivity (Wildman–Crippen MR) is 145 cm³/mol. The van der Waals surface area contributed by atoms with Gasteiger partial charge in [0.15, 0.2) is 0 Å². The third-order valence-corrected chi connectivity index (χ3v) is 8.52. The summed E-state index contributed by atoms with van der Waals surface area (Å²) in [7, 11) is -4.04. The molecule has 1 heterocycles. The van der Waals surface area contributed by atoms with E-state index in [1.165, 1.54) is 12.1 Å². The molecule has 38 heavy (non-hydrogen) atoms. The van der Waals surface area contributed by atoms with Crippen LogP contribution in [0.1, 0.15) is 43.7 Å². The fourth-order valence-corrected chi connectivity index (χ4v) is 6.07. The number of nitrogens with zero attached hydrogens (tertiary/aromatic N) is 1. The van der Waals surface area contributed by atoms with Gasteiger partial charge < -0.3 is 9.84 Å². The van der Waals surface area contributed by atoms with E-state index in [1.807, 2.05) is 36.4 Å². The lowest BCUT2D eigenvalue weighted by atomic mass is 9.96. The quantitative estimate of drug-likeness (QED) is 0.322. The number of hydrogen-bond donors (Lipinski definition) is 2. The lowest BCUT2D eigenvalue weighted by Crippen LogP contribution is -2.48. The Bertz CT molecular complexity index is 1370. The highest BCUT2D eigenvalue weighted by Gasteiger charge is 2.39. The molecule has 0 saturated carbocycles. The van der Waals surface area contributed by atoms with Crippen LogP contribution < -0.4 is 5.32 Å². The van der Waals surface area contributed by atoms with Crippen LogP contribution in [0.5, 0.6) is 0 Å². The first-order valence-corrected chi connectivity index (χ1v) is 14.2. The molecule has 0 fully saturated rings. The Morgan fingerprint density at radius 2 is 1.55 bits per heavy atom. The summed E-state index contributed by atoms with van der Waals surface area (Å²) in [6.45, 7) is 2.52. The minimum atomic E-state index is -4.04. The van der Waals surface area contributed by atoms with Gasteiger partial charge in [0.2, 0.25) is 10.0 Å². The largest absolute Gasteiger partial charge is 0.480 e. The highest BCUT2D eigenvalue weighted by atomic mass is 32.2. The molecule has 8 nitrogen and oxygen atoms in total. The molecule has 1 aliphatic rings. The average Bonchev–Trinajstić information content (AvgIpc) is 2.92. The van der Waals surface area contributed by atoms with Crippen LogP contribution in [-0.2, 0) is 32.5 Å². The van der Waals surface area contributed by atoms with Gasteiger partial charge in [-0.1, -0.05) is 74.7 Å². The Morgan fingerprint density at radius 3 is 2.18 bits per heavy atom. The van der Waals surface area contributed by atoms with Gasteiger partial charge in [-0.25, -0.2) is 13.2 Å². The maximum atomic E-state index is 13.4. The number of aliphatic carboxylic acids is 1. The first-order chi connectivity index (χ1) is 18.3. The maximum Gasteiger partial charge on any atom is 0.411 e. The van der Waals surface area contributed by atoms with Crippen molar-refractivity contribution in [3.8, 4) is 11.1 Å². The molecule has 4 rings (SSSR count). The van der Waals surface area contributed by atoms with Crippen molar-refractivity contribution in [2.24, 2.45) is 0 Å². The zero-order valence-electron chi connectivity index (χ0n) is 21.3. The van der Waals surface area contributed by atoms with Crippen molar-refractivity contribution >= 4 is 27.8 Å². The molecule has 9 heteroatoms. The molecule has 0 spiro atoms. The second kappa shape index (κ2) is 12.2. The van der Waals surface area contributed by atoms with E-state index in [0.717, 1.165) is 52.2 Å². The number of carboxylic acid groups (broad SMARTS) is 1. The monoisotopic (exact) mass is 536 g/mol. The van der Waals surface area contributed by atoms with Crippen LogP contribution >= 0.6 is 0 Å². The third kappa shape index (κ3) is 6.41. The van der Waals surface area contributed by atoms with Gasteiger partial charge in [0.25, 0.3) is 0 Å². The second-order valence-electron chi connectivity index (χ2n) is 9.30. The van der Waals surface area contributed by atoms with Crippen LogP contribution in [0.15, 0.2) is 77.7 Å². The number of carboxylic acids is 1. The van der Waals surface area contributed by atoms with Crippen molar-refractivity contribution in [1.82, 2.24) is 4.31 Å². The number of anilines is 1. The molecule has 0 bridgehead atoms. The summed E-state index contributed by atoms with van der Waals surface area (Å²) in [5, 5.41) is 12.5. The Hall–Kier alpha value is -3.69. The standard InChI is InChI=1S/C29H32N2O6S/c1-2-3-4-7-18-37-29(34)30-25-14-10-21(11-15-25)22-12-16-26(17-13-22)38(35,36)31-20-24-9-6-5-8-23(24)19-27(31)28(32)33/h5-6,8-17,27H,2-4,7,18-20H2,1H3,(H,30,34)(H,32,33). The van der Waals surface area contributed by atoms with Crippen LogP contribution in [0.2, 0.25) is 0 Å². The molecular weight excluding hydrogens is 504 g/mol. The van der Waals surface area contributed by atoms with Crippen LogP contribution in [-0.4, -0.2) is 42.5 Å². The molecule has 3 aromatic carbocycles. The number of sulfonamides is 1. The lowest BCUT2D eigenvalue weighted by Gasteiger charge is -2.33. The first-order valence-electron chi connectivity index (χ1n) is 12.8. The summed E-state index contributed by atoms with van der Waals surface area (Å²) < 4.78 is 33.2. The van der Waals surface area contributed by atoms with Gasteiger partial charge in [-0.3, -0.25) is 10.1 Å². The van der Waals surface area contributed by atoms with Crippen molar-refractivity contribution in [3.05, 3.63) is 83.9 Å². The number of ether oxygens (including phenoxy) is 1. The first kappa shape index (κ1) is 27.3. The normalized spacial score (nSPS) is 15.4. The number of carbonyl (C=O) groups is 2. The number of benzene rings is 3. The van der Waals surface area contributed by atoms with Crippen molar-refractivity contribution < 1.29 is 27.9 Å². The van der Waals surface area contributed by atoms with Crippen molar-refractivity contribution in [2.75, 3.05) is 11.9 Å². The number of nitrogens with one attached hydrogen (secondary N) is 1. The van der Waals surface area contributed by atoms with E-state index >= 15 is 0 Å². The molecule has 2 N–H and O–H groups in total. The number of unbranched alkanes of at least 4 members (excludes halogenated alkanes) is 3. The van der Waals surface area contributed by atoms with Gasteiger partial charge in [0.1, 0.15) is 6.04 Å². The van der Waals surface area contributed by atoms with Crippen molar-refractivity contribution in [3.63, 3.8) is 0 Å². The fraction of sp³-hybridized carbons (Fsp3) is 0.310. The summed E-state index contributed by atoms with van der Waals surface area (Å²) >= 11 is 0. The third-order valence-electron chi connectivity index (χ3n) is 6.65. The predicted octanol–water partition coefficient (Wildman–Crippen LogP) is 5.68. The molecule has 1 aliphatic heterocycles. The Labute approximate surface area is 223 Å². The minimum Gasteiger partial charge on any atom is -0.480 e. The SMILES string of the molecule is CCCCCCOC(=O)Nc1ccc(-c2ccc(S(=O)(=O)N3Cc4ccccc4CC3C(=O)O)cc2)cc1. The van der Waals surface area contributed by atoms with E-state index in [9.17, 15) is 23.1 Å². The second-order valence-corrected chi connectivity index (χ2v) is 11.2. The Kier molecular flexibility index (Phi) is 8.81. The van der Waals surface area contributed by atoms with Crippen LogP contribution in [0.4, 0.5) is 10.5 Å². The van der Waals surface area contributed by atoms with Gasteiger partial charge in [-0.2, -0.15) is 4.31 Å². The smallest absolute Gasteiger partial charge is 0.411 e. The molecule has 3 aromatic rings. The maximum absolute atomic E-state index is 13.4. The van der Waals surface area contributed by atoms with E-state index in [1.54, 1.807) is 24.3 Å². The van der Waals surface area contributed by atoms with E-state index in [0.29, 0.717) is 12.3 Å². The van der Waals surface area contributed by atoms with Crippen molar-refractivity contribution in [2.45, 2.75) is 56.5 Å². The van der Waals surface area contributed by atoms with Gasteiger partial charge in [0.05, 0.1) is 11.5 Å². The number of hydrogen-bond acceptors (Lipinski definition) is 5. The van der Waals surface area contributed by atoms with E-state index in [2.05, 4.69) is 12.2 Å². The molecule has 0 saturated heterocycles. The summed E-state index contributed by atoms with van der Waals surface area (Å²) in [6, 6.07) is 19.6. The summed E-state index contributed by atoms with van der Waals surface area (Å²) in [5.74, 6) is -1.17. The van der Waals surface area contributed by atoms with Crippen LogP contribution in [0.25, 0.3) is 11.1 Å². The minimum absolute atomic E-state index is 0.00681. The van der Waals surface area contributed by atoms with Gasteiger partial charge in [-0.05, 0) is 52.9 Å². The van der Waals surface area contributed by atoms with E-state index < -0.39 is 28.1 Å². The highest BCUT2D eigenvalue weighted by molar-refractivity contribution is 7.89. The lowest BCUT2D eigenvalue weighted by molar-refractivity contribution is -0.141. The van der Waals surface area contributed by atoms with Gasteiger partial charge >= 0.3 is 12.1 Å². The number of rotatable bonds is 10. The molecule has 0 aliphatic carbocycles. The number of carbonyl (C=O) groups excluding carboxylic acids is 1. The summed E-state index contributed by atoms with van der Waals surface area (Å²) in [5.41, 5.74) is 3.87. The molecule has 1 unspecified atom stereocenters. The van der Waals surface area contributed by atoms with Gasteiger partial charge in [-0.15, -0.1) is 0 Å². The average molecular weight is 537 g/mol. The summed E-state index contributed by atoms with van der Waals surface area (Å²) in [4.78, 5) is 23.9. The molecule has 1 amide bonds. The van der Waals surface area contributed by atoms with E-state index in [-0.39, 0.29) is 17.9 Å². The fourth-order valence-electron chi connectivity index (χ4n) is 4.51. The van der Waals surface area contributed by atoms with Crippen LogP contribution in [0, 0.1) is 0 Å². The topological polar surface area (TPSA) is 113 Å². The molecule has 0 aromatic heterocycles. The van der Waals surface area contributed by atoms with Gasteiger partial charge in [0, 0.05) is 18.7 Å². The highest BCUT2D eigenvalue weighted by Crippen LogP contribution is 2.30. The van der Waals surface area contributed by atoms with Crippen molar-refractivity contribution in [1.29, 1.82) is 0 Å². The Balaban J connectivity index is 1.43. The zero-order valence-corrected chi connectivity index (χ0v) is 22.1. The number of fused-ring (bicyclic) bond motifs is 1. The number of amides is 1. The molecule has 200 valence electrons. The van der Waals surface area contributed by atoms with E-state index in [4.69, 9.17) is 4.74 Å². The molecule has 0 radical (unpaired) electrons.